The van der Waals surface area contributed by atoms with Gasteiger partial charge in [0.25, 0.3) is 0 Å². The van der Waals surface area contributed by atoms with Crippen molar-refractivity contribution < 1.29 is 4.52 Å². The number of nitrogens with one attached hydrogen (secondary N) is 1. The van der Waals surface area contributed by atoms with E-state index >= 15 is 0 Å². The first kappa shape index (κ1) is 6.65. The molecule has 0 bridgehead atoms. The molecule has 1 aromatic carbocycles. The van der Waals surface area contributed by atoms with Gasteiger partial charge in [0.1, 0.15) is 5.69 Å². The van der Waals surface area contributed by atoms with Crippen LogP contribution in [-0.4, -0.2) is 14.9 Å². The molecule has 13 heavy (non-hydrogen) atoms. The van der Waals surface area contributed by atoms with Crippen LogP contribution in [0.1, 0.15) is 5.69 Å². The van der Waals surface area contributed by atoms with E-state index in [2.05, 4.69) is 16.3 Å². The third-order valence-corrected chi connectivity index (χ3v) is 2.23. The zero-order valence-corrected chi connectivity index (χ0v) is 7.23. The van der Waals surface area contributed by atoms with Crippen LogP contribution >= 0.6 is 0 Å². The summed E-state index contributed by atoms with van der Waals surface area (Å²) in [6.45, 7) is 2.04. The molecule has 3 aromatic rings. The van der Waals surface area contributed by atoms with Gasteiger partial charge in [-0.05, 0) is 19.1 Å². The van der Waals surface area contributed by atoms with Crippen molar-refractivity contribution in [2.24, 2.45) is 0 Å². The molecule has 4 heteroatoms. The molecule has 0 aliphatic rings. The number of aryl methyl sites for hydroxylation is 1. The maximum absolute atomic E-state index is 4.18. The SMILES string of the molecule is Cc1cnn2[nH]c3ccccc3[n+]12. The maximum atomic E-state index is 4.18. The first-order chi connectivity index (χ1) is 6.36. The number of fused-ring (bicyclic) bond motifs is 3. The van der Waals surface area contributed by atoms with Crippen molar-refractivity contribution in [2.75, 3.05) is 0 Å². The number of hydrogen-bond donors (Lipinski definition) is 1. The van der Waals surface area contributed by atoms with Crippen LogP contribution in [-0.2, 0) is 0 Å². The molecular formula is C9H9N4+. The number of aromatic nitrogens is 4. The van der Waals surface area contributed by atoms with Gasteiger partial charge in [-0.1, -0.05) is 12.1 Å². The molecule has 4 nitrogen and oxygen atoms in total. The maximum Gasteiger partial charge on any atom is 0.168 e. The predicted molar refractivity (Wildman–Crippen MR) is 47.4 cm³/mol. The van der Waals surface area contributed by atoms with Crippen molar-refractivity contribution in [1.29, 1.82) is 0 Å². The Kier molecular flexibility index (Phi) is 1.07. The van der Waals surface area contributed by atoms with Crippen LogP contribution in [0.4, 0.5) is 0 Å². The molecule has 0 aliphatic carbocycles. The number of nitrogens with zero attached hydrogens (tertiary/aromatic N) is 3. The lowest BCUT2D eigenvalue weighted by Gasteiger charge is -1.83. The monoisotopic (exact) mass is 173 g/mol. The first-order valence-electron chi connectivity index (χ1n) is 4.20. The Morgan fingerprint density at radius 1 is 1.38 bits per heavy atom. The minimum atomic E-state index is 1.10. The minimum Gasteiger partial charge on any atom is -0.171 e. The fourth-order valence-corrected chi connectivity index (χ4v) is 1.63. The van der Waals surface area contributed by atoms with Crippen molar-refractivity contribution in [3.8, 4) is 0 Å². The van der Waals surface area contributed by atoms with Crippen molar-refractivity contribution in [3.05, 3.63) is 36.2 Å². The van der Waals surface area contributed by atoms with Gasteiger partial charge >= 0.3 is 0 Å². The molecule has 0 amide bonds. The number of H-pyrrole nitrogens is 1. The second-order valence-corrected chi connectivity index (χ2v) is 3.12. The normalized spacial score (nSPS) is 11.5. The van der Waals surface area contributed by atoms with Crippen LogP contribution in [0.5, 0.6) is 0 Å². The summed E-state index contributed by atoms with van der Waals surface area (Å²) in [5, 5.41) is 7.35. The summed E-state index contributed by atoms with van der Waals surface area (Å²) in [7, 11) is 0. The van der Waals surface area contributed by atoms with E-state index in [9.17, 15) is 0 Å². The van der Waals surface area contributed by atoms with Gasteiger partial charge in [-0.15, -0.1) is 4.52 Å². The Morgan fingerprint density at radius 3 is 3.15 bits per heavy atom. The Balaban J connectivity index is 2.66. The lowest BCUT2D eigenvalue weighted by molar-refractivity contribution is -0.604. The summed E-state index contributed by atoms with van der Waals surface area (Å²) in [6, 6.07) is 8.14. The second-order valence-electron chi connectivity index (χ2n) is 3.12. The van der Waals surface area contributed by atoms with Gasteiger partial charge in [0.15, 0.2) is 17.2 Å². The Labute approximate surface area is 74.4 Å². The molecular weight excluding hydrogens is 164 g/mol. The van der Waals surface area contributed by atoms with Crippen LogP contribution < -0.4 is 4.52 Å². The van der Waals surface area contributed by atoms with Crippen molar-refractivity contribution in [1.82, 2.24) is 14.9 Å². The van der Waals surface area contributed by atoms with Gasteiger partial charge in [-0.2, -0.15) is 5.10 Å². The molecule has 0 radical (unpaired) electrons. The second kappa shape index (κ2) is 2.10. The lowest BCUT2D eigenvalue weighted by atomic mass is 10.3. The summed E-state index contributed by atoms with van der Waals surface area (Å²) >= 11 is 0. The fraction of sp³-hybridized carbons (Fsp3) is 0.111. The predicted octanol–water partition coefficient (Wildman–Crippen LogP) is 0.710. The van der Waals surface area contributed by atoms with E-state index in [-0.39, 0.29) is 0 Å². The highest BCUT2D eigenvalue weighted by Gasteiger charge is 2.12. The number of rotatable bonds is 0. The summed E-state index contributed by atoms with van der Waals surface area (Å²) in [4.78, 5) is 0. The van der Waals surface area contributed by atoms with Crippen molar-refractivity contribution >= 4 is 11.0 Å². The summed E-state index contributed by atoms with van der Waals surface area (Å²) in [5.74, 6) is 0. The Hall–Kier alpha value is -1.84. The zero-order chi connectivity index (χ0) is 8.84. The number of aromatic amines is 1. The highest BCUT2D eigenvalue weighted by molar-refractivity contribution is 5.69. The molecule has 64 valence electrons. The van der Waals surface area contributed by atoms with E-state index in [0.29, 0.717) is 0 Å². The van der Waals surface area contributed by atoms with E-state index in [0.717, 1.165) is 16.7 Å². The summed E-state index contributed by atoms with van der Waals surface area (Å²) < 4.78 is 3.77. The van der Waals surface area contributed by atoms with Crippen LogP contribution in [0.2, 0.25) is 0 Å². The number of benzene rings is 1. The fourth-order valence-electron chi connectivity index (χ4n) is 1.63. The Morgan fingerprint density at radius 2 is 2.23 bits per heavy atom. The van der Waals surface area contributed by atoms with Gasteiger partial charge in [0, 0.05) is 5.10 Å². The van der Waals surface area contributed by atoms with Gasteiger partial charge in [-0.3, -0.25) is 0 Å². The molecule has 2 heterocycles. The lowest BCUT2D eigenvalue weighted by Crippen LogP contribution is -2.28. The smallest absolute Gasteiger partial charge is 0.168 e. The van der Waals surface area contributed by atoms with Crippen LogP contribution in [0.25, 0.3) is 11.0 Å². The van der Waals surface area contributed by atoms with Crippen LogP contribution in [0, 0.1) is 6.92 Å². The highest BCUT2D eigenvalue weighted by atomic mass is 15.6. The number of para-hydroxylation sites is 2. The van der Waals surface area contributed by atoms with E-state index < -0.39 is 0 Å². The number of hydrogen-bond acceptors (Lipinski definition) is 1. The third kappa shape index (κ3) is 0.744. The highest BCUT2D eigenvalue weighted by Crippen LogP contribution is 2.05. The minimum absolute atomic E-state index is 1.10. The summed E-state index contributed by atoms with van der Waals surface area (Å²) in [6.07, 6.45) is 1.84. The van der Waals surface area contributed by atoms with Gasteiger partial charge < -0.3 is 0 Å². The average molecular weight is 173 g/mol. The standard InChI is InChI=1S/C9H9N4/c1-7-6-10-13-11-8-4-2-3-5-9(8)12(7)13/h2-6H,1H3,(H,10,11)/q+1. The zero-order valence-electron chi connectivity index (χ0n) is 7.23. The molecule has 0 saturated carbocycles. The Bertz CT molecular complexity index is 575. The molecule has 2 aromatic heterocycles. The molecule has 3 rings (SSSR count). The topological polar surface area (TPSA) is 37.2 Å². The quantitative estimate of drug-likeness (QED) is 0.499. The third-order valence-electron chi connectivity index (χ3n) is 2.23. The van der Waals surface area contributed by atoms with Gasteiger partial charge in [0.05, 0.1) is 4.74 Å². The first-order valence-corrected chi connectivity index (χ1v) is 4.20. The molecule has 0 spiro atoms. The van der Waals surface area contributed by atoms with Gasteiger partial charge in [0.2, 0.25) is 0 Å². The molecule has 0 aliphatic heterocycles. The molecule has 0 atom stereocenters. The summed E-state index contributed by atoms with van der Waals surface area (Å²) in [5.41, 5.74) is 3.37. The van der Waals surface area contributed by atoms with Crippen molar-refractivity contribution in [2.45, 2.75) is 6.92 Å². The molecule has 0 saturated heterocycles. The van der Waals surface area contributed by atoms with Crippen LogP contribution in [0.15, 0.2) is 30.5 Å². The van der Waals surface area contributed by atoms with E-state index in [1.807, 2.05) is 35.8 Å². The molecule has 0 unspecified atom stereocenters. The van der Waals surface area contributed by atoms with Gasteiger partial charge in [-0.25, -0.2) is 0 Å². The van der Waals surface area contributed by atoms with Crippen molar-refractivity contribution in [3.63, 3.8) is 0 Å². The van der Waals surface area contributed by atoms with Crippen LogP contribution in [0.3, 0.4) is 0 Å². The average Bonchev–Trinajstić information content (AvgIpc) is 2.66. The largest absolute Gasteiger partial charge is 0.171 e. The molecule has 0 fully saturated rings. The van der Waals surface area contributed by atoms with E-state index in [4.69, 9.17) is 0 Å². The van der Waals surface area contributed by atoms with E-state index in [1.54, 1.807) is 4.74 Å². The molecule has 1 N–H and O–H groups in total. The van der Waals surface area contributed by atoms with E-state index in [1.165, 1.54) is 0 Å².